The molecule has 1 saturated carbocycles. The fourth-order valence-corrected chi connectivity index (χ4v) is 3.36. The summed E-state index contributed by atoms with van der Waals surface area (Å²) in [7, 11) is 0. The number of ketones is 1. The summed E-state index contributed by atoms with van der Waals surface area (Å²) in [5, 5.41) is 0. The normalized spacial score (nSPS) is 35.4. The molecule has 3 heterocycles. The van der Waals surface area contributed by atoms with Crippen LogP contribution in [0.5, 0.6) is 0 Å². The number of nitrogens with zero attached hydrogens (tertiary/aromatic N) is 2. The first-order chi connectivity index (χ1) is 8.33. The molecule has 4 aliphatic rings. The summed E-state index contributed by atoms with van der Waals surface area (Å²) in [6.07, 6.45) is 3.19. The Hall–Kier alpha value is -0.450. The lowest BCUT2D eigenvalue weighted by atomic mass is 9.79. The van der Waals surface area contributed by atoms with Crippen molar-refractivity contribution in [3.8, 4) is 0 Å². The Morgan fingerprint density at radius 2 is 2.00 bits per heavy atom. The number of Topliss-reactive ketones (excluding diaryl/α,β-unsaturated/α-hetero) is 1. The smallest absolute Gasteiger partial charge is 0.138 e. The molecule has 0 amide bonds. The van der Waals surface area contributed by atoms with Gasteiger partial charge in [0.05, 0.1) is 13.2 Å². The predicted octanol–water partition coefficient (Wildman–Crippen LogP) is 0.372. The molecule has 3 saturated heterocycles. The van der Waals surface area contributed by atoms with Gasteiger partial charge >= 0.3 is 0 Å². The van der Waals surface area contributed by atoms with E-state index in [4.69, 9.17) is 4.74 Å². The van der Waals surface area contributed by atoms with E-state index in [1.165, 1.54) is 6.42 Å². The maximum atomic E-state index is 11.7. The minimum absolute atomic E-state index is 0.352. The highest BCUT2D eigenvalue weighted by Crippen LogP contribution is 2.32. The zero-order valence-corrected chi connectivity index (χ0v) is 10.4. The third-order valence-electron chi connectivity index (χ3n) is 4.52. The van der Waals surface area contributed by atoms with E-state index in [1.54, 1.807) is 0 Å². The maximum absolute atomic E-state index is 11.7. The second kappa shape index (κ2) is 5.04. The van der Waals surface area contributed by atoms with Crippen LogP contribution in [0, 0.1) is 5.92 Å². The minimum Gasteiger partial charge on any atom is -0.379 e. The van der Waals surface area contributed by atoms with Gasteiger partial charge in [-0.25, -0.2) is 0 Å². The molecule has 2 unspecified atom stereocenters. The average Bonchev–Trinajstić information content (AvgIpc) is 2.39. The number of piperidine rings is 2. The first-order valence-electron chi connectivity index (χ1n) is 6.90. The summed E-state index contributed by atoms with van der Waals surface area (Å²) in [5.41, 5.74) is 0. The van der Waals surface area contributed by atoms with E-state index < -0.39 is 0 Å². The number of rotatable bonds is 3. The average molecular weight is 238 g/mol. The van der Waals surface area contributed by atoms with Crippen molar-refractivity contribution >= 4 is 5.78 Å². The van der Waals surface area contributed by atoms with Gasteiger partial charge in [-0.15, -0.1) is 0 Å². The molecule has 0 aromatic carbocycles. The fourth-order valence-electron chi connectivity index (χ4n) is 3.36. The monoisotopic (exact) mass is 238 g/mol. The standard InChI is InChI=1S/C13H22N2O2/c16-13-9-12-2-1-11(13)10-15(12)4-3-14-5-7-17-8-6-14/h11-12H,1-10H2. The predicted molar refractivity (Wildman–Crippen MR) is 65.0 cm³/mol. The van der Waals surface area contributed by atoms with Gasteiger partial charge in [0.15, 0.2) is 0 Å². The van der Waals surface area contributed by atoms with Crippen LogP contribution in [0.25, 0.3) is 0 Å². The van der Waals surface area contributed by atoms with Crippen LogP contribution < -0.4 is 0 Å². The van der Waals surface area contributed by atoms with Gasteiger partial charge in [0.2, 0.25) is 0 Å². The third kappa shape index (κ3) is 2.54. The lowest BCUT2D eigenvalue weighted by Crippen LogP contribution is -2.54. The van der Waals surface area contributed by atoms with E-state index in [-0.39, 0.29) is 0 Å². The summed E-state index contributed by atoms with van der Waals surface area (Å²) >= 11 is 0. The van der Waals surface area contributed by atoms with Crippen LogP contribution in [-0.4, -0.2) is 67.6 Å². The van der Waals surface area contributed by atoms with Crippen molar-refractivity contribution in [2.75, 3.05) is 45.9 Å². The Morgan fingerprint density at radius 3 is 2.65 bits per heavy atom. The lowest BCUT2D eigenvalue weighted by Gasteiger charge is -2.45. The lowest BCUT2D eigenvalue weighted by molar-refractivity contribution is -0.132. The summed E-state index contributed by atoms with van der Waals surface area (Å²) < 4.78 is 5.36. The Bertz CT molecular complexity index is 289. The molecule has 4 nitrogen and oxygen atoms in total. The summed E-state index contributed by atoms with van der Waals surface area (Å²) in [6, 6.07) is 0.550. The first-order valence-corrected chi connectivity index (χ1v) is 6.90. The topological polar surface area (TPSA) is 32.8 Å². The molecule has 0 spiro atoms. The Morgan fingerprint density at radius 1 is 1.18 bits per heavy atom. The van der Waals surface area contributed by atoms with Crippen LogP contribution in [0.4, 0.5) is 0 Å². The van der Waals surface area contributed by atoms with E-state index >= 15 is 0 Å². The Kier molecular flexibility index (Phi) is 3.45. The number of hydrogen-bond donors (Lipinski definition) is 0. The molecule has 17 heavy (non-hydrogen) atoms. The quantitative estimate of drug-likeness (QED) is 0.711. The molecule has 0 N–H and O–H groups in total. The van der Waals surface area contributed by atoms with E-state index in [1.807, 2.05) is 0 Å². The number of hydrogen-bond acceptors (Lipinski definition) is 4. The molecular weight excluding hydrogens is 216 g/mol. The highest BCUT2D eigenvalue weighted by molar-refractivity contribution is 5.83. The van der Waals surface area contributed by atoms with Gasteiger partial charge in [0, 0.05) is 51.1 Å². The van der Waals surface area contributed by atoms with Crippen molar-refractivity contribution in [3.63, 3.8) is 0 Å². The van der Waals surface area contributed by atoms with Gasteiger partial charge in [-0.05, 0) is 12.8 Å². The number of ether oxygens (including phenoxy) is 1. The second-order valence-electron chi connectivity index (χ2n) is 5.55. The molecular formula is C13H22N2O2. The van der Waals surface area contributed by atoms with Crippen molar-refractivity contribution in [2.45, 2.75) is 25.3 Å². The largest absolute Gasteiger partial charge is 0.379 e. The van der Waals surface area contributed by atoms with Crippen LogP contribution in [0.1, 0.15) is 19.3 Å². The van der Waals surface area contributed by atoms with E-state index in [2.05, 4.69) is 9.80 Å². The maximum Gasteiger partial charge on any atom is 0.138 e. The van der Waals surface area contributed by atoms with Crippen molar-refractivity contribution in [2.24, 2.45) is 5.92 Å². The molecule has 2 atom stereocenters. The van der Waals surface area contributed by atoms with Gasteiger partial charge in [-0.1, -0.05) is 0 Å². The van der Waals surface area contributed by atoms with Crippen molar-refractivity contribution in [3.05, 3.63) is 0 Å². The zero-order chi connectivity index (χ0) is 11.7. The minimum atomic E-state index is 0.352. The van der Waals surface area contributed by atoms with Gasteiger partial charge in [0.25, 0.3) is 0 Å². The number of morpholine rings is 1. The fraction of sp³-hybridized carbons (Fsp3) is 0.923. The van der Waals surface area contributed by atoms with Crippen LogP contribution in [0.2, 0.25) is 0 Å². The Labute approximate surface area is 103 Å². The molecule has 0 aromatic heterocycles. The molecule has 1 aliphatic carbocycles. The van der Waals surface area contributed by atoms with Gasteiger partial charge in [-0.3, -0.25) is 14.6 Å². The van der Waals surface area contributed by atoms with E-state index in [0.717, 1.165) is 58.8 Å². The SMILES string of the molecule is O=C1CC2CCC1CN2CCN1CCOCC1. The second-order valence-corrected chi connectivity index (χ2v) is 5.55. The van der Waals surface area contributed by atoms with Gasteiger partial charge in [0.1, 0.15) is 5.78 Å². The van der Waals surface area contributed by atoms with Crippen LogP contribution in [-0.2, 0) is 9.53 Å². The first kappa shape index (κ1) is 11.6. The molecule has 0 aromatic rings. The molecule has 4 rings (SSSR count). The Balaban J connectivity index is 1.48. The third-order valence-corrected chi connectivity index (χ3v) is 4.52. The van der Waals surface area contributed by atoms with Gasteiger partial charge < -0.3 is 4.74 Å². The van der Waals surface area contributed by atoms with Crippen LogP contribution >= 0.6 is 0 Å². The van der Waals surface area contributed by atoms with Crippen molar-refractivity contribution in [1.82, 2.24) is 9.80 Å². The molecule has 0 radical (unpaired) electrons. The number of fused-ring (bicyclic) bond motifs is 3. The summed E-state index contributed by atoms with van der Waals surface area (Å²) in [5.74, 6) is 0.869. The molecule has 96 valence electrons. The van der Waals surface area contributed by atoms with E-state index in [0.29, 0.717) is 17.7 Å². The molecule has 4 heteroatoms. The molecule has 4 fully saturated rings. The molecule has 2 bridgehead atoms. The number of carbonyl (C=O) groups is 1. The van der Waals surface area contributed by atoms with Crippen LogP contribution in [0.15, 0.2) is 0 Å². The number of carbonyl (C=O) groups excluding carboxylic acids is 1. The highest BCUT2D eigenvalue weighted by Gasteiger charge is 2.38. The van der Waals surface area contributed by atoms with Crippen LogP contribution in [0.3, 0.4) is 0 Å². The molecule has 3 aliphatic heterocycles. The summed E-state index contributed by atoms with van der Waals surface area (Å²) in [6.45, 7) is 7.19. The zero-order valence-electron chi connectivity index (χ0n) is 10.4. The van der Waals surface area contributed by atoms with Gasteiger partial charge in [-0.2, -0.15) is 0 Å². The van der Waals surface area contributed by atoms with Crippen molar-refractivity contribution in [1.29, 1.82) is 0 Å². The summed E-state index contributed by atoms with van der Waals surface area (Å²) in [4.78, 5) is 16.7. The van der Waals surface area contributed by atoms with Crippen molar-refractivity contribution < 1.29 is 9.53 Å². The van der Waals surface area contributed by atoms with E-state index in [9.17, 15) is 4.79 Å². The highest BCUT2D eigenvalue weighted by atomic mass is 16.5.